The molecule has 5 heteroatoms. The molecule has 0 saturated heterocycles. The Balaban J connectivity index is -0.0000000208. The van der Waals surface area contributed by atoms with Crippen LogP contribution in [0.1, 0.15) is 29.7 Å². The molecule has 0 fully saturated rings. The molecule has 10 heavy (non-hydrogen) atoms. The molecule has 0 aromatic heterocycles. The molecular formula is C5H17N5. The molecule has 0 atom stereocenters. The fourth-order valence-corrected chi connectivity index (χ4v) is 0.0424. The van der Waals surface area contributed by atoms with Crippen LogP contribution in [0.2, 0.25) is 0 Å². The van der Waals surface area contributed by atoms with Gasteiger partial charge in [0.15, 0.2) is 0 Å². The summed E-state index contributed by atoms with van der Waals surface area (Å²) in [5.74, 6) is 0. The molecule has 0 heterocycles. The molecule has 0 aliphatic rings. The third-order valence-corrected chi connectivity index (χ3v) is 0.134. The maximum absolute atomic E-state index is 7.54. The van der Waals surface area contributed by atoms with Gasteiger partial charge in [0.25, 0.3) is 0 Å². The lowest BCUT2D eigenvalue weighted by Crippen LogP contribution is -1.37. The first-order chi connectivity index (χ1) is 2.91. The quantitative estimate of drug-likeness (QED) is 0.344. The van der Waals surface area contributed by atoms with Gasteiger partial charge in [0.05, 0.1) is 0 Å². The van der Waals surface area contributed by atoms with Crippen LogP contribution in [0, 0.1) is 17.0 Å². The fourth-order valence-electron chi connectivity index (χ4n) is 0.0424. The molecule has 0 aliphatic heterocycles. The molecular weight excluding hydrogens is 130 g/mol. The molecule has 0 rings (SSSR count). The number of nitriles is 1. The Morgan fingerprint density at radius 3 is 1.60 bits per heavy atom. The van der Waals surface area contributed by atoms with Gasteiger partial charge in [-0.05, 0) is 15.6 Å². The van der Waals surface area contributed by atoms with E-state index in [1.165, 1.54) is 6.19 Å². The Hall–Kier alpha value is -1.31. The molecule has 0 saturated carbocycles. The van der Waals surface area contributed by atoms with Gasteiger partial charge >= 0.3 is 0 Å². The highest BCUT2D eigenvalue weighted by Gasteiger charge is 1.53. The van der Waals surface area contributed by atoms with Crippen molar-refractivity contribution in [1.29, 1.82) is 10.8 Å². The molecule has 0 aromatic carbocycles. The van der Waals surface area contributed by atoms with Crippen molar-refractivity contribution >= 4 is 0 Å². The lowest BCUT2D eigenvalue weighted by molar-refractivity contribution is 0.910. The van der Waals surface area contributed by atoms with Gasteiger partial charge in [-0.1, -0.05) is 29.7 Å². The molecule has 1 N–H and O–H groups in total. The topological polar surface area (TPSA) is 84.7 Å². The Bertz CT molecular complexity index is 101. The van der Waals surface area contributed by atoms with E-state index < -0.39 is 0 Å². The Labute approximate surface area is 63.3 Å². The summed E-state index contributed by atoms with van der Waals surface area (Å²) in [5, 5.41) is 15.3. The molecule has 0 radical (unpaired) electrons. The minimum Gasteiger partial charge on any atom is -0.183 e. The van der Waals surface area contributed by atoms with Crippen LogP contribution in [-0.4, -0.2) is 0 Å². The Morgan fingerprint density at radius 1 is 1.10 bits per heavy atom. The van der Waals surface area contributed by atoms with E-state index >= 15 is 0 Å². The van der Waals surface area contributed by atoms with E-state index in [1.807, 2.05) is 0 Å². The van der Waals surface area contributed by atoms with E-state index in [9.17, 15) is 0 Å². The van der Waals surface area contributed by atoms with Crippen molar-refractivity contribution in [3.8, 4) is 6.19 Å². The molecule has 0 aliphatic carbocycles. The van der Waals surface area contributed by atoms with Crippen LogP contribution in [0.3, 0.4) is 0 Å². The predicted molar refractivity (Wildman–Crippen MR) is 42.5 cm³/mol. The van der Waals surface area contributed by atoms with Crippen LogP contribution in [0.4, 0.5) is 0 Å². The first-order valence-electron chi connectivity index (χ1n) is 1.07. The van der Waals surface area contributed by atoms with Crippen molar-refractivity contribution in [2.45, 2.75) is 29.7 Å². The number of hydrogen-bond acceptors (Lipinski definition) is 3. The SMILES string of the molecule is C.C.C.C.N#CN=NN=N. The first-order valence-corrected chi connectivity index (χ1v) is 1.07. The maximum Gasteiger partial charge on any atom is 0.227 e. The maximum atomic E-state index is 7.54. The average molecular weight is 147 g/mol. The van der Waals surface area contributed by atoms with Crippen molar-refractivity contribution in [2.75, 3.05) is 0 Å². The average Bonchev–Trinajstić information content (AvgIpc) is 1.61. The summed E-state index contributed by atoms with van der Waals surface area (Å²) in [6.45, 7) is 0. The zero-order chi connectivity index (χ0) is 4.83. The van der Waals surface area contributed by atoms with E-state index in [0.29, 0.717) is 0 Å². The smallest absolute Gasteiger partial charge is 0.183 e. The summed E-state index contributed by atoms with van der Waals surface area (Å²) < 4.78 is 0. The fraction of sp³-hybridized carbons (Fsp3) is 0.800. The highest BCUT2D eigenvalue weighted by molar-refractivity contribution is 4.56. The van der Waals surface area contributed by atoms with Gasteiger partial charge in [0.2, 0.25) is 6.19 Å². The van der Waals surface area contributed by atoms with E-state index in [1.54, 1.807) is 0 Å². The van der Waals surface area contributed by atoms with Crippen LogP contribution >= 0.6 is 0 Å². The van der Waals surface area contributed by atoms with Gasteiger partial charge in [-0.15, -0.1) is 0 Å². The number of nitrogens with zero attached hydrogens (tertiary/aromatic N) is 4. The summed E-state index contributed by atoms with van der Waals surface area (Å²) in [7, 11) is 0. The third kappa shape index (κ3) is 75.8. The first kappa shape index (κ1) is 37.7. The molecule has 5 nitrogen and oxygen atoms in total. The highest BCUT2D eigenvalue weighted by Crippen LogP contribution is 1.67. The summed E-state index contributed by atoms with van der Waals surface area (Å²) in [6, 6.07) is 0. The molecule has 0 unspecified atom stereocenters. The standard InChI is InChI=1S/CHN5.4CH4/c2-1-4-6-5-3;;;;/h3H;4*1H4. The Kier molecular flexibility index (Phi) is 180. The zero-order valence-corrected chi connectivity index (χ0v) is 2.79. The van der Waals surface area contributed by atoms with E-state index in [2.05, 4.69) is 15.6 Å². The Morgan fingerprint density at radius 2 is 1.50 bits per heavy atom. The second kappa shape index (κ2) is 47.6. The van der Waals surface area contributed by atoms with Crippen molar-refractivity contribution in [1.82, 2.24) is 0 Å². The summed E-state index contributed by atoms with van der Waals surface area (Å²) >= 11 is 0. The van der Waals surface area contributed by atoms with Crippen molar-refractivity contribution in [3.05, 3.63) is 0 Å². The van der Waals surface area contributed by atoms with Crippen LogP contribution in [-0.2, 0) is 0 Å². The van der Waals surface area contributed by atoms with Gasteiger partial charge in [-0.2, -0.15) is 10.8 Å². The second-order valence-electron chi connectivity index (χ2n) is 0.389. The summed E-state index contributed by atoms with van der Waals surface area (Å²) in [5.41, 5.74) is 5.92. The van der Waals surface area contributed by atoms with E-state index in [4.69, 9.17) is 10.8 Å². The molecule has 0 aromatic rings. The largest absolute Gasteiger partial charge is 0.227 e. The van der Waals surface area contributed by atoms with Gasteiger partial charge in [-0.25, -0.2) is 0 Å². The third-order valence-electron chi connectivity index (χ3n) is 0.134. The van der Waals surface area contributed by atoms with Crippen molar-refractivity contribution in [3.63, 3.8) is 0 Å². The van der Waals surface area contributed by atoms with Crippen LogP contribution in [0.15, 0.2) is 15.6 Å². The van der Waals surface area contributed by atoms with Crippen LogP contribution in [0.25, 0.3) is 0 Å². The van der Waals surface area contributed by atoms with Gasteiger partial charge in [0.1, 0.15) is 0 Å². The number of hydrogen-bond donors (Lipinski definition) is 1. The molecule has 0 amide bonds. The van der Waals surface area contributed by atoms with E-state index in [0.717, 1.165) is 0 Å². The number of nitrogens with one attached hydrogen (secondary N) is 1. The van der Waals surface area contributed by atoms with Gasteiger partial charge < -0.3 is 0 Å². The monoisotopic (exact) mass is 147 g/mol. The van der Waals surface area contributed by atoms with E-state index in [-0.39, 0.29) is 29.7 Å². The lowest BCUT2D eigenvalue weighted by atomic mass is 11.5. The van der Waals surface area contributed by atoms with Crippen LogP contribution < -0.4 is 0 Å². The van der Waals surface area contributed by atoms with Crippen molar-refractivity contribution < 1.29 is 0 Å². The molecule has 0 bridgehead atoms. The normalized spacial score (nSPS) is 4.70. The van der Waals surface area contributed by atoms with Crippen molar-refractivity contribution in [2.24, 2.45) is 15.6 Å². The second-order valence-corrected chi connectivity index (χ2v) is 0.389. The minimum atomic E-state index is 0. The summed E-state index contributed by atoms with van der Waals surface area (Å²) in [6.07, 6.45) is 1.31. The molecule has 62 valence electrons. The predicted octanol–water partition coefficient (Wildman–Crippen LogP) is 3.41. The van der Waals surface area contributed by atoms with Gasteiger partial charge in [-0.3, -0.25) is 0 Å². The highest BCUT2D eigenvalue weighted by atomic mass is 15.4. The summed E-state index contributed by atoms with van der Waals surface area (Å²) in [4.78, 5) is 0. The van der Waals surface area contributed by atoms with Gasteiger partial charge in [0, 0.05) is 0 Å². The van der Waals surface area contributed by atoms with Crippen LogP contribution in [0.5, 0.6) is 0 Å². The zero-order valence-electron chi connectivity index (χ0n) is 2.79. The number of rotatable bonds is 1. The lowest BCUT2D eigenvalue weighted by Gasteiger charge is -1.52. The molecule has 0 spiro atoms. The minimum absolute atomic E-state index is 0.